The van der Waals surface area contributed by atoms with E-state index in [-0.39, 0.29) is 16.7 Å². The van der Waals surface area contributed by atoms with Crippen LogP contribution in [0.1, 0.15) is 81.8 Å². The predicted octanol–water partition coefficient (Wildman–Crippen LogP) is 6.05. The first-order valence-corrected chi connectivity index (χ1v) is 10.5. The summed E-state index contributed by atoms with van der Waals surface area (Å²) in [5.41, 5.74) is 0.738. The van der Waals surface area contributed by atoms with Gasteiger partial charge in [0.1, 0.15) is 22.7 Å². The number of aryl methyl sites for hydroxylation is 1. The molecule has 0 bridgehead atoms. The minimum Gasteiger partial charge on any atom is -0.506 e. The van der Waals surface area contributed by atoms with Gasteiger partial charge in [-0.25, -0.2) is 4.79 Å². The molecule has 1 aliphatic carbocycles. The molecule has 1 saturated carbocycles. The first-order valence-electron chi connectivity index (χ1n) is 10.5. The summed E-state index contributed by atoms with van der Waals surface area (Å²) >= 11 is 0. The Morgan fingerprint density at radius 2 is 1.89 bits per heavy atom. The van der Waals surface area contributed by atoms with Crippen molar-refractivity contribution in [2.75, 3.05) is 0 Å². The molecule has 4 nitrogen and oxygen atoms in total. The van der Waals surface area contributed by atoms with E-state index in [0.717, 1.165) is 18.8 Å². The highest BCUT2D eigenvalue weighted by molar-refractivity contribution is 5.95. The maximum Gasteiger partial charge on any atom is 0.339 e. The Kier molecular flexibility index (Phi) is 5.28. The lowest BCUT2D eigenvalue weighted by atomic mass is 9.56. The van der Waals surface area contributed by atoms with Crippen molar-refractivity contribution >= 4 is 12.0 Å². The topological polar surface area (TPSA) is 66.8 Å². The molecule has 1 unspecified atom stereocenters. The molecule has 1 aromatic rings. The lowest BCUT2D eigenvalue weighted by molar-refractivity contribution is -0.00358. The van der Waals surface area contributed by atoms with Crippen LogP contribution in [-0.4, -0.2) is 21.8 Å². The van der Waals surface area contributed by atoms with E-state index in [1.54, 1.807) is 13.0 Å². The molecule has 4 heteroatoms. The summed E-state index contributed by atoms with van der Waals surface area (Å²) in [5.74, 6) is 1.33. The predicted molar refractivity (Wildman–Crippen MR) is 112 cm³/mol. The van der Waals surface area contributed by atoms with Gasteiger partial charge >= 0.3 is 5.97 Å². The van der Waals surface area contributed by atoms with Crippen molar-refractivity contribution in [3.05, 3.63) is 28.8 Å². The monoisotopic (exact) mass is 386 g/mol. The Morgan fingerprint density at radius 1 is 1.21 bits per heavy atom. The molecule has 0 spiro atoms. The largest absolute Gasteiger partial charge is 0.506 e. The van der Waals surface area contributed by atoms with E-state index in [1.807, 2.05) is 12.2 Å². The number of carboxylic acids is 1. The third-order valence-corrected chi connectivity index (χ3v) is 7.89. The summed E-state index contributed by atoms with van der Waals surface area (Å²) in [7, 11) is 0. The smallest absolute Gasteiger partial charge is 0.339 e. The van der Waals surface area contributed by atoms with Gasteiger partial charge in [-0.15, -0.1) is 0 Å². The van der Waals surface area contributed by atoms with Gasteiger partial charge in [-0.2, -0.15) is 0 Å². The highest BCUT2D eigenvalue weighted by atomic mass is 16.5. The van der Waals surface area contributed by atoms with E-state index in [9.17, 15) is 15.0 Å². The highest BCUT2D eigenvalue weighted by Crippen LogP contribution is 2.52. The van der Waals surface area contributed by atoms with Crippen molar-refractivity contribution in [1.82, 2.24) is 0 Å². The number of fused-ring (bicyclic) bond motifs is 1. The second kappa shape index (κ2) is 7.13. The van der Waals surface area contributed by atoms with Crippen LogP contribution in [0.4, 0.5) is 0 Å². The maximum atomic E-state index is 11.4. The fraction of sp³-hybridized carbons (Fsp3) is 0.625. The standard InChI is InChI=1S/C24H34O4/c1-14-7-8-16(3)24(6,17(14)4)12-11-23(5)10-9-18-19(28-23)13-15(2)20(21(18)25)22(26)27/h9-10,13-14,16-17,25H,7-8,11-12H2,1-6H3,(H,26,27)/t14-,16+,17-,23?,24-/m0/s1. The summed E-state index contributed by atoms with van der Waals surface area (Å²) in [6, 6.07) is 1.73. The minimum atomic E-state index is -1.12. The summed E-state index contributed by atoms with van der Waals surface area (Å²) < 4.78 is 6.31. The van der Waals surface area contributed by atoms with Crippen LogP contribution in [-0.2, 0) is 0 Å². The van der Waals surface area contributed by atoms with Crippen molar-refractivity contribution in [3.8, 4) is 11.5 Å². The molecular formula is C24H34O4. The molecule has 1 fully saturated rings. The van der Waals surface area contributed by atoms with Crippen LogP contribution in [0.5, 0.6) is 11.5 Å². The zero-order valence-corrected chi connectivity index (χ0v) is 18.0. The highest BCUT2D eigenvalue weighted by Gasteiger charge is 2.44. The maximum absolute atomic E-state index is 11.4. The van der Waals surface area contributed by atoms with Crippen molar-refractivity contribution < 1.29 is 19.7 Å². The van der Waals surface area contributed by atoms with Gasteiger partial charge < -0.3 is 14.9 Å². The molecule has 0 aromatic heterocycles. The third-order valence-electron chi connectivity index (χ3n) is 7.89. The molecule has 2 N–H and O–H groups in total. The number of phenols is 1. The summed E-state index contributed by atoms with van der Waals surface area (Å²) in [4.78, 5) is 11.4. The van der Waals surface area contributed by atoms with E-state index in [2.05, 4.69) is 34.6 Å². The Labute approximate surface area is 168 Å². The first kappa shape index (κ1) is 20.8. The van der Waals surface area contributed by atoms with E-state index in [1.165, 1.54) is 12.8 Å². The molecule has 0 amide bonds. The number of hydrogen-bond donors (Lipinski definition) is 2. The van der Waals surface area contributed by atoms with Crippen molar-refractivity contribution in [3.63, 3.8) is 0 Å². The molecule has 5 atom stereocenters. The minimum absolute atomic E-state index is 0.0537. The molecule has 0 saturated heterocycles. The summed E-state index contributed by atoms with van der Waals surface area (Å²) in [5, 5.41) is 19.8. The second-order valence-electron chi connectivity index (χ2n) is 9.63. The molecule has 154 valence electrons. The zero-order valence-electron chi connectivity index (χ0n) is 18.0. The number of carboxylic acid groups (broad SMARTS) is 1. The number of hydrogen-bond acceptors (Lipinski definition) is 3. The van der Waals surface area contributed by atoms with Crippen LogP contribution < -0.4 is 4.74 Å². The average molecular weight is 387 g/mol. The molecular weight excluding hydrogens is 352 g/mol. The van der Waals surface area contributed by atoms with Crippen LogP contribution in [0.3, 0.4) is 0 Å². The van der Waals surface area contributed by atoms with Gasteiger partial charge in [0.25, 0.3) is 0 Å². The Bertz CT molecular complexity index is 811. The van der Waals surface area contributed by atoms with Crippen LogP contribution in [0.15, 0.2) is 12.1 Å². The summed E-state index contributed by atoms with van der Waals surface area (Å²) in [6.07, 6.45) is 8.35. The Hall–Kier alpha value is -1.97. The summed E-state index contributed by atoms with van der Waals surface area (Å²) in [6.45, 7) is 13.3. The second-order valence-corrected chi connectivity index (χ2v) is 9.63. The SMILES string of the molecule is Cc1cc2c(c(O)c1C(=O)O)C=CC(C)(CC[C@@]1(C)[C@H](C)CC[C@H](C)[C@@H]1C)O2. The van der Waals surface area contributed by atoms with Crippen LogP contribution in [0.25, 0.3) is 6.08 Å². The van der Waals surface area contributed by atoms with Crippen LogP contribution >= 0.6 is 0 Å². The lowest BCUT2D eigenvalue weighted by Gasteiger charge is -2.49. The van der Waals surface area contributed by atoms with Crippen LogP contribution in [0, 0.1) is 30.1 Å². The average Bonchev–Trinajstić information content (AvgIpc) is 2.61. The number of aromatic hydroxyl groups is 1. The number of aromatic carboxylic acids is 1. The number of rotatable bonds is 4. The Morgan fingerprint density at radius 3 is 2.54 bits per heavy atom. The first-order chi connectivity index (χ1) is 13.0. The fourth-order valence-corrected chi connectivity index (χ4v) is 5.16. The number of carbonyl (C=O) groups is 1. The van der Waals surface area contributed by atoms with E-state index < -0.39 is 11.6 Å². The van der Waals surface area contributed by atoms with Crippen molar-refractivity contribution in [2.45, 2.75) is 72.8 Å². The van der Waals surface area contributed by atoms with E-state index >= 15 is 0 Å². The molecule has 28 heavy (non-hydrogen) atoms. The van der Waals surface area contributed by atoms with E-state index in [0.29, 0.717) is 28.7 Å². The normalized spacial score (nSPS) is 34.6. The van der Waals surface area contributed by atoms with Gasteiger partial charge in [0.2, 0.25) is 0 Å². The lowest BCUT2D eigenvalue weighted by Crippen LogP contribution is -2.42. The fourth-order valence-electron chi connectivity index (χ4n) is 5.16. The van der Waals surface area contributed by atoms with Gasteiger partial charge in [-0.3, -0.25) is 0 Å². The van der Waals surface area contributed by atoms with Crippen molar-refractivity contribution in [2.24, 2.45) is 23.2 Å². The van der Waals surface area contributed by atoms with Gasteiger partial charge in [-0.1, -0.05) is 34.1 Å². The molecule has 1 aromatic carbocycles. The van der Waals surface area contributed by atoms with Crippen molar-refractivity contribution in [1.29, 1.82) is 0 Å². The number of ether oxygens (including phenoxy) is 1. The molecule has 0 radical (unpaired) electrons. The quantitative estimate of drug-likeness (QED) is 0.661. The molecule has 1 heterocycles. The van der Waals surface area contributed by atoms with Crippen LogP contribution in [0.2, 0.25) is 0 Å². The molecule has 2 aliphatic rings. The van der Waals surface area contributed by atoms with Gasteiger partial charge in [-0.05, 0) is 80.1 Å². The number of benzene rings is 1. The molecule has 3 rings (SSSR count). The zero-order chi connectivity index (χ0) is 20.9. The Balaban J connectivity index is 1.83. The van der Waals surface area contributed by atoms with E-state index in [4.69, 9.17) is 4.74 Å². The third kappa shape index (κ3) is 3.42. The molecule has 1 aliphatic heterocycles. The van der Waals surface area contributed by atoms with Gasteiger partial charge in [0, 0.05) is 0 Å². The van der Waals surface area contributed by atoms with Gasteiger partial charge in [0.05, 0.1) is 5.56 Å². The van der Waals surface area contributed by atoms with Gasteiger partial charge in [0.15, 0.2) is 0 Å².